The summed E-state index contributed by atoms with van der Waals surface area (Å²) in [7, 11) is 1.50. The second kappa shape index (κ2) is 8.63. The molecule has 0 saturated heterocycles. The number of rotatable bonds is 6. The Hall–Kier alpha value is -3.66. The van der Waals surface area contributed by atoms with E-state index in [2.05, 4.69) is 0 Å². The minimum atomic E-state index is -0.518. The smallest absolute Gasteiger partial charge is 0.347 e. The topological polar surface area (TPSA) is 52.6 Å². The summed E-state index contributed by atoms with van der Waals surface area (Å²) in [6, 6.07) is 22.9. The van der Waals surface area contributed by atoms with Gasteiger partial charge in [-0.15, -0.1) is 0 Å². The van der Waals surface area contributed by atoms with Gasteiger partial charge in [0.1, 0.15) is 17.1 Å². The second-order valence-corrected chi connectivity index (χ2v) is 5.72. The van der Waals surface area contributed by atoms with Crippen molar-refractivity contribution in [3.63, 3.8) is 0 Å². The lowest BCUT2D eigenvalue weighted by Crippen LogP contribution is -2.10. The van der Waals surface area contributed by atoms with Crippen molar-refractivity contribution < 1.29 is 19.1 Å². The average molecular weight is 358 g/mol. The Morgan fingerprint density at radius 1 is 0.815 bits per heavy atom. The maximum Gasteiger partial charge on any atom is 0.347 e. The third-order valence-corrected chi connectivity index (χ3v) is 3.90. The molecule has 0 aliphatic rings. The van der Waals surface area contributed by atoms with Gasteiger partial charge in [-0.1, -0.05) is 48.5 Å². The molecule has 0 heterocycles. The largest absolute Gasteiger partial charge is 0.496 e. The summed E-state index contributed by atoms with van der Waals surface area (Å²) in [6.07, 6.45) is 3.28. The van der Waals surface area contributed by atoms with E-state index in [9.17, 15) is 9.59 Å². The Morgan fingerprint density at radius 2 is 1.48 bits per heavy atom. The third kappa shape index (κ3) is 4.70. The normalized spacial score (nSPS) is 10.6. The molecule has 0 spiro atoms. The Balaban J connectivity index is 1.67. The molecule has 0 aromatic heterocycles. The minimum absolute atomic E-state index is 0.124. The summed E-state index contributed by atoms with van der Waals surface area (Å²) >= 11 is 0. The highest BCUT2D eigenvalue weighted by atomic mass is 16.5. The van der Waals surface area contributed by atoms with Crippen LogP contribution in [0.15, 0.2) is 84.9 Å². The van der Waals surface area contributed by atoms with Gasteiger partial charge in [-0.2, -0.15) is 0 Å². The number of benzene rings is 3. The van der Waals surface area contributed by atoms with E-state index in [0.717, 1.165) is 5.56 Å². The van der Waals surface area contributed by atoms with Crippen LogP contribution in [0.2, 0.25) is 0 Å². The van der Waals surface area contributed by atoms with Crippen molar-refractivity contribution >= 4 is 17.8 Å². The fraction of sp³-hybridized carbons (Fsp3) is 0.0435. The molecule has 3 rings (SSSR count). The van der Waals surface area contributed by atoms with Gasteiger partial charge in [0.2, 0.25) is 0 Å². The van der Waals surface area contributed by atoms with Crippen LogP contribution in [-0.4, -0.2) is 18.9 Å². The molecule has 0 fully saturated rings. The number of ether oxygens (including phenoxy) is 2. The van der Waals surface area contributed by atoms with Crippen LogP contribution in [0.5, 0.6) is 11.5 Å². The number of esters is 1. The molecule has 0 N–H and O–H groups in total. The molecule has 134 valence electrons. The van der Waals surface area contributed by atoms with Gasteiger partial charge in [-0.05, 0) is 48.0 Å². The molecule has 0 aliphatic carbocycles. The predicted molar refractivity (Wildman–Crippen MR) is 104 cm³/mol. The van der Waals surface area contributed by atoms with Crippen LogP contribution in [0.3, 0.4) is 0 Å². The summed E-state index contributed by atoms with van der Waals surface area (Å²) in [4.78, 5) is 24.5. The van der Waals surface area contributed by atoms with Crippen LogP contribution in [0.25, 0.3) is 6.08 Å². The minimum Gasteiger partial charge on any atom is -0.496 e. The van der Waals surface area contributed by atoms with Crippen molar-refractivity contribution in [2.75, 3.05) is 7.11 Å². The molecule has 4 heteroatoms. The number of para-hydroxylation sites is 1. The summed E-state index contributed by atoms with van der Waals surface area (Å²) in [5, 5.41) is 0. The number of ketones is 1. The third-order valence-electron chi connectivity index (χ3n) is 3.90. The van der Waals surface area contributed by atoms with Crippen molar-refractivity contribution in [1.82, 2.24) is 0 Å². The number of carbonyl (C=O) groups excluding carboxylic acids is 2. The predicted octanol–water partition coefficient (Wildman–Crippen LogP) is 4.81. The molecule has 0 unspecified atom stereocenters. The van der Waals surface area contributed by atoms with Gasteiger partial charge in [0.15, 0.2) is 5.78 Å². The Morgan fingerprint density at radius 3 is 2.19 bits per heavy atom. The molecule has 0 saturated carbocycles. The van der Waals surface area contributed by atoms with E-state index in [1.54, 1.807) is 54.6 Å². The van der Waals surface area contributed by atoms with Crippen LogP contribution in [0.4, 0.5) is 0 Å². The first kappa shape index (κ1) is 18.1. The van der Waals surface area contributed by atoms with Gasteiger partial charge in [0.05, 0.1) is 7.11 Å². The first-order chi connectivity index (χ1) is 13.2. The van der Waals surface area contributed by atoms with Crippen molar-refractivity contribution in [2.24, 2.45) is 0 Å². The second-order valence-electron chi connectivity index (χ2n) is 5.72. The van der Waals surface area contributed by atoms with Crippen LogP contribution in [-0.2, 0) is 0 Å². The maximum atomic E-state index is 12.3. The molecular formula is C23H18O4. The van der Waals surface area contributed by atoms with Crippen molar-refractivity contribution in [3.05, 3.63) is 102 Å². The quantitative estimate of drug-likeness (QED) is 0.275. The Kier molecular flexibility index (Phi) is 5.80. The zero-order valence-corrected chi connectivity index (χ0v) is 14.8. The number of methoxy groups -OCH3 is 1. The SMILES string of the molecule is COc1ccccc1C(=O)Oc1ccc(C(=O)/C=C/c2ccccc2)cc1. The molecule has 0 aliphatic heterocycles. The Bertz CT molecular complexity index is 957. The number of hydrogen-bond acceptors (Lipinski definition) is 4. The van der Waals surface area contributed by atoms with Gasteiger partial charge in [-0.3, -0.25) is 4.79 Å². The van der Waals surface area contributed by atoms with E-state index in [4.69, 9.17) is 9.47 Å². The standard InChI is InChI=1S/C23H18O4/c1-26-22-10-6-5-9-20(22)23(25)27-19-14-12-18(13-15-19)21(24)16-11-17-7-3-2-4-8-17/h2-16H,1H3/b16-11+. The molecule has 0 amide bonds. The molecule has 0 bridgehead atoms. The molecule has 3 aromatic rings. The lowest BCUT2D eigenvalue weighted by atomic mass is 10.1. The van der Waals surface area contributed by atoms with Gasteiger partial charge in [-0.25, -0.2) is 4.79 Å². The Labute approximate surface area is 157 Å². The lowest BCUT2D eigenvalue weighted by molar-refractivity contribution is 0.0731. The first-order valence-electron chi connectivity index (χ1n) is 8.40. The van der Waals surface area contributed by atoms with E-state index in [1.165, 1.54) is 13.2 Å². The fourth-order valence-corrected chi connectivity index (χ4v) is 2.49. The summed E-state index contributed by atoms with van der Waals surface area (Å²) < 4.78 is 10.5. The molecule has 0 radical (unpaired) electrons. The lowest BCUT2D eigenvalue weighted by Gasteiger charge is -2.08. The van der Waals surface area contributed by atoms with Gasteiger partial charge >= 0.3 is 5.97 Å². The zero-order chi connectivity index (χ0) is 19.1. The highest BCUT2D eigenvalue weighted by Gasteiger charge is 2.14. The zero-order valence-electron chi connectivity index (χ0n) is 14.8. The average Bonchev–Trinajstić information content (AvgIpc) is 2.73. The van der Waals surface area contributed by atoms with Crippen molar-refractivity contribution in [2.45, 2.75) is 0 Å². The number of allylic oxidation sites excluding steroid dienone is 1. The van der Waals surface area contributed by atoms with Crippen molar-refractivity contribution in [3.8, 4) is 11.5 Å². The summed E-state index contributed by atoms with van der Waals surface area (Å²) in [6.45, 7) is 0. The van der Waals surface area contributed by atoms with Gasteiger partial charge < -0.3 is 9.47 Å². The fourth-order valence-electron chi connectivity index (χ4n) is 2.49. The monoisotopic (exact) mass is 358 g/mol. The van der Waals surface area contributed by atoms with Crippen molar-refractivity contribution in [1.29, 1.82) is 0 Å². The summed E-state index contributed by atoms with van der Waals surface area (Å²) in [5.41, 5.74) is 1.80. The van der Waals surface area contributed by atoms with Gasteiger partial charge in [0, 0.05) is 5.56 Å². The van der Waals surface area contributed by atoms with E-state index < -0.39 is 5.97 Å². The highest BCUT2D eigenvalue weighted by Crippen LogP contribution is 2.21. The molecule has 4 nitrogen and oxygen atoms in total. The molecule has 0 atom stereocenters. The van der Waals surface area contributed by atoms with Gasteiger partial charge in [0.25, 0.3) is 0 Å². The number of carbonyl (C=O) groups is 2. The highest BCUT2D eigenvalue weighted by molar-refractivity contribution is 6.06. The van der Waals surface area contributed by atoms with E-state index in [0.29, 0.717) is 22.6 Å². The molecule has 3 aromatic carbocycles. The van der Waals surface area contributed by atoms with E-state index in [-0.39, 0.29) is 5.78 Å². The van der Waals surface area contributed by atoms with Crippen LogP contribution < -0.4 is 9.47 Å². The molecule has 27 heavy (non-hydrogen) atoms. The van der Waals surface area contributed by atoms with Crippen LogP contribution >= 0.6 is 0 Å². The van der Waals surface area contributed by atoms with E-state index >= 15 is 0 Å². The number of hydrogen-bond donors (Lipinski definition) is 0. The van der Waals surface area contributed by atoms with Crippen LogP contribution in [0.1, 0.15) is 26.3 Å². The molecular weight excluding hydrogens is 340 g/mol. The first-order valence-corrected chi connectivity index (χ1v) is 8.40. The van der Waals surface area contributed by atoms with E-state index in [1.807, 2.05) is 30.3 Å². The summed E-state index contributed by atoms with van der Waals surface area (Å²) in [5.74, 6) is 0.159. The van der Waals surface area contributed by atoms with Crippen LogP contribution in [0, 0.1) is 0 Å². The maximum absolute atomic E-state index is 12.3.